The number of amides is 1. The van der Waals surface area contributed by atoms with Gasteiger partial charge in [-0.3, -0.25) is 9.63 Å². The molecule has 1 rings (SSSR count). The van der Waals surface area contributed by atoms with Crippen molar-refractivity contribution < 1.29 is 9.63 Å². The van der Waals surface area contributed by atoms with Crippen molar-refractivity contribution in [1.29, 1.82) is 0 Å². The van der Waals surface area contributed by atoms with E-state index in [0.29, 0.717) is 12.5 Å². The molecule has 4 heteroatoms. The van der Waals surface area contributed by atoms with E-state index in [2.05, 4.69) is 12.4 Å². The van der Waals surface area contributed by atoms with E-state index in [0.717, 1.165) is 19.3 Å². The van der Waals surface area contributed by atoms with E-state index < -0.39 is 0 Å². The van der Waals surface area contributed by atoms with Gasteiger partial charge in [-0.25, -0.2) is 0 Å². The van der Waals surface area contributed by atoms with E-state index in [-0.39, 0.29) is 12.0 Å². The topological polar surface area (TPSA) is 64.4 Å². The van der Waals surface area contributed by atoms with Gasteiger partial charge in [0.05, 0.1) is 6.10 Å². The van der Waals surface area contributed by atoms with Crippen molar-refractivity contribution in [3.63, 3.8) is 0 Å². The summed E-state index contributed by atoms with van der Waals surface area (Å²) in [4.78, 5) is 16.3. The minimum atomic E-state index is -0.218. The lowest BCUT2D eigenvalue weighted by molar-refractivity contribution is -0.118. The number of unbranched alkanes of at least 4 members (excludes halogenated alkanes) is 1. The maximum Gasteiger partial charge on any atom is 0.217 e. The number of hydrogen-bond acceptors (Lipinski definition) is 3. The predicted molar refractivity (Wildman–Crippen MR) is 63.6 cm³/mol. The second-order valence-electron chi connectivity index (χ2n) is 4.63. The second-order valence-corrected chi connectivity index (χ2v) is 4.63. The molecule has 1 amide bonds. The minimum absolute atomic E-state index is 0.218. The molecule has 4 nitrogen and oxygen atoms in total. The van der Waals surface area contributed by atoms with Gasteiger partial charge in [-0.15, -0.1) is 0 Å². The average Bonchev–Trinajstić information content (AvgIpc) is 3.04. The van der Waals surface area contributed by atoms with Crippen molar-refractivity contribution in [1.82, 2.24) is 5.48 Å². The van der Waals surface area contributed by atoms with Gasteiger partial charge in [-0.1, -0.05) is 19.8 Å². The van der Waals surface area contributed by atoms with Gasteiger partial charge in [0.15, 0.2) is 0 Å². The zero-order valence-corrected chi connectivity index (χ0v) is 10.2. The van der Waals surface area contributed by atoms with Crippen LogP contribution in [0, 0.1) is 0 Å². The summed E-state index contributed by atoms with van der Waals surface area (Å²) in [6, 6.07) is 0.570. The Labute approximate surface area is 97.9 Å². The fourth-order valence-corrected chi connectivity index (χ4v) is 1.59. The highest BCUT2D eigenvalue weighted by atomic mass is 16.7. The molecule has 16 heavy (non-hydrogen) atoms. The molecule has 1 atom stereocenters. The Morgan fingerprint density at radius 3 is 2.69 bits per heavy atom. The number of hydrogen-bond donors (Lipinski definition) is 2. The summed E-state index contributed by atoms with van der Waals surface area (Å²) in [5.41, 5.74) is 8.20. The number of primary amides is 1. The highest BCUT2D eigenvalue weighted by Gasteiger charge is 2.22. The Bertz CT molecular complexity index is 205. The molecule has 3 N–H and O–H groups in total. The van der Waals surface area contributed by atoms with Gasteiger partial charge in [0.2, 0.25) is 5.91 Å². The Morgan fingerprint density at radius 2 is 2.12 bits per heavy atom. The maximum absolute atomic E-state index is 10.6. The van der Waals surface area contributed by atoms with E-state index in [1.54, 1.807) is 0 Å². The van der Waals surface area contributed by atoms with Crippen molar-refractivity contribution >= 4 is 5.91 Å². The Balaban J connectivity index is 2.10. The first kappa shape index (κ1) is 13.5. The van der Waals surface area contributed by atoms with Crippen LogP contribution in [0.2, 0.25) is 0 Å². The van der Waals surface area contributed by atoms with E-state index >= 15 is 0 Å². The molecule has 1 unspecified atom stereocenters. The molecular weight excluding hydrogens is 204 g/mol. The average molecular weight is 228 g/mol. The molecule has 1 saturated carbocycles. The number of nitrogens with one attached hydrogen (secondary N) is 1. The summed E-state index contributed by atoms with van der Waals surface area (Å²) in [7, 11) is 0. The number of rotatable bonds is 10. The molecule has 0 radical (unpaired) electrons. The summed E-state index contributed by atoms with van der Waals surface area (Å²) in [6.07, 6.45) is 8.32. The monoisotopic (exact) mass is 228 g/mol. The molecule has 0 aromatic rings. The lowest BCUT2D eigenvalue weighted by Gasteiger charge is -2.17. The predicted octanol–water partition coefficient (Wildman–Crippen LogP) is 1.88. The molecule has 0 heterocycles. The first-order valence-electron chi connectivity index (χ1n) is 6.41. The van der Waals surface area contributed by atoms with E-state index in [4.69, 9.17) is 10.6 Å². The summed E-state index contributed by atoms with van der Waals surface area (Å²) in [5.74, 6) is -0.218. The molecule has 0 saturated heterocycles. The van der Waals surface area contributed by atoms with Gasteiger partial charge >= 0.3 is 0 Å². The summed E-state index contributed by atoms with van der Waals surface area (Å²) < 4.78 is 0. The second kappa shape index (κ2) is 7.63. The van der Waals surface area contributed by atoms with E-state index in [1.807, 2.05) is 0 Å². The van der Waals surface area contributed by atoms with Crippen molar-refractivity contribution in [2.75, 3.05) is 0 Å². The zero-order chi connectivity index (χ0) is 11.8. The third-order valence-corrected chi connectivity index (χ3v) is 2.81. The van der Waals surface area contributed by atoms with Crippen LogP contribution in [0.1, 0.15) is 58.3 Å². The summed E-state index contributed by atoms with van der Waals surface area (Å²) in [5, 5.41) is 0. The van der Waals surface area contributed by atoms with Gasteiger partial charge in [0.1, 0.15) is 0 Å². The molecule has 1 aliphatic rings. The SMILES string of the molecule is CCCCC(CCCC(N)=O)ONC1CC1. The molecule has 0 bridgehead atoms. The van der Waals surface area contributed by atoms with Gasteiger partial charge < -0.3 is 5.73 Å². The van der Waals surface area contributed by atoms with Crippen LogP contribution < -0.4 is 11.2 Å². The number of nitrogens with two attached hydrogens (primary N) is 1. The third-order valence-electron chi connectivity index (χ3n) is 2.81. The maximum atomic E-state index is 10.6. The smallest absolute Gasteiger partial charge is 0.217 e. The first-order valence-corrected chi connectivity index (χ1v) is 6.41. The Kier molecular flexibility index (Phi) is 6.42. The van der Waals surface area contributed by atoms with Crippen LogP contribution in [0.25, 0.3) is 0 Å². The van der Waals surface area contributed by atoms with Crippen LogP contribution >= 0.6 is 0 Å². The minimum Gasteiger partial charge on any atom is -0.370 e. The van der Waals surface area contributed by atoms with Gasteiger partial charge in [-0.2, -0.15) is 5.48 Å². The highest BCUT2D eigenvalue weighted by molar-refractivity contribution is 5.73. The Hall–Kier alpha value is -0.610. The first-order chi connectivity index (χ1) is 7.72. The van der Waals surface area contributed by atoms with Crippen molar-refractivity contribution in [3.05, 3.63) is 0 Å². The van der Waals surface area contributed by atoms with Crippen molar-refractivity contribution in [3.8, 4) is 0 Å². The van der Waals surface area contributed by atoms with Crippen LogP contribution in [0.4, 0.5) is 0 Å². The van der Waals surface area contributed by atoms with Gasteiger partial charge in [0.25, 0.3) is 0 Å². The zero-order valence-electron chi connectivity index (χ0n) is 10.2. The largest absolute Gasteiger partial charge is 0.370 e. The van der Waals surface area contributed by atoms with Crippen molar-refractivity contribution in [2.45, 2.75) is 70.4 Å². The molecule has 1 fully saturated rings. The van der Waals surface area contributed by atoms with Crippen molar-refractivity contribution in [2.24, 2.45) is 5.73 Å². The lowest BCUT2D eigenvalue weighted by atomic mass is 10.1. The fourth-order valence-electron chi connectivity index (χ4n) is 1.59. The quantitative estimate of drug-likeness (QED) is 0.561. The Morgan fingerprint density at radius 1 is 1.44 bits per heavy atom. The molecular formula is C12H24N2O2. The van der Waals surface area contributed by atoms with E-state index in [9.17, 15) is 4.79 Å². The molecule has 0 aromatic carbocycles. The molecule has 1 aliphatic carbocycles. The third kappa shape index (κ3) is 6.80. The molecule has 0 spiro atoms. The van der Waals surface area contributed by atoms with E-state index in [1.165, 1.54) is 25.7 Å². The number of hydroxylamine groups is 1. The summed E-state index contributed by atoms with van der Waals surface area (Å²) in [6.45, 7) is 2.18. The standard InChI is InChI=1S/C12H24N2O2/c1-2-3-5-11(6-4-7-12(13)15)16-14-10-8-9-10/h10-11,14H,2-9H2,1H3,(H2,13,15). The highest BCUT2D eigenvalue weighted by Crippen LogP contribution is 2.20. The van der Waals surface area contributed by atoms with Gasteiger partial charge in [-0.05, 0) is 32.1 Å². The van der Waals surface area contributed by atoms with Crippen LogP contribution in [0.15, 0.2) is 0 Å². The summed E-state index contributed by atoms with van der Waals surface area (Å²) >= 11 is 0. The van der Waals surface area contributed by atoms with Gasteiger partial charge in [0, 0.05) is 12.5 Å². The molecule has 0 aliphatic heterocycles. The molecule has 94 valence electrons. The van der Waals surface area contributed by atoms with Crippen LogP contribution in [-0.2, 0) is 9.63 Å². The lowest BCUT2D eigenvalue weighted by Crippen LogP contribution is -2.26. The molecule has 0 aromatic heterocycles. The fraction of sp³-hybridized carbons (Fsp3) is 0.917. The van der Waals surface area contributed by atoms with Crippen LogP contribution in [-0.4, -0.2) is 18.1 Å². The number of carbonyl (C=O) groups is 1. The van der Waals surface area contributed by atoms with Crippen LogP contribution in [0.3, 0.4) is 0 Å². The number of carbonyl (C=O) groups excluding carboxylic acids is 1. The normalized spacial score (nSPS) is 17.3. The van der Waals surface area contributed by atoms with Crippen LogP contribution in [0.5, 0.6) is 0 Å².